The maximum Gasteiger partial charge on any atom is 0.327 e. The predicted octanol–water partition coefficient (Wildman–Crippen LogP) is 3.51. The van der Waals surface area contributed by atoms with Gasteiger partial charge in [0, 0.05) is 19.3 Å². The van der Waals surface area contributed by atoms with Gasteiger partial charge in [-0.1, -0.05) is 25.3 Å². The molecule has 0 aromatic rings. The van der Waals surface area contributed by atoms with E-state index in [0.29, 0.717) is 0 Å². The minimum atomic E-state index is -0.859. The third-order valence-corrected chi connectivity index (χ3v) is 3.22. The summed E-state index contributed by atoms with van der Waals surface area (Å²) in [4.78, 5) is 10.2. The number of hydrogen-bond donors (Lipinski definition) is 1. The Labute approximate surface area is 115 Å². The monoisotopic (exact) mass is 270 g/mol. The molecule has 1 rings (SSSR count). The molecule has 0 bridgehead atoms. The molecule has 110 valence electrons. The molecule has 0 radical (unpaired) electrons. The van der Waals surface area contributed by atoms with Crippen molar-refractivity contribution in [1.82, 2.24) is 0 Å². The van der Waals surface area contributed by atoms with Crippen molar-refractivity contribution < 1.29 is 19.4 Å². The van der Waals surface area contributed by atoms with Gasteiger partial charge >= 0.3 is 5.97 Å². The smallest absolute Gasteiger partial charge is 0.327 e. The number of aliphatic carboxylic acids is 1. The van der Waals surface area contributed by atoms with Gasteiger partial charge in [-0.3, -0.25) is 0 Å². The quantitative estimate of drug-likeness (QED) is 0.487. The molecule has 1 unspecified atom stereocenters. The summed E-state index contributed by atoms with van der Waals surface area (Å²) in [6.45, 7) is 1.64. The number of allylic oxidation sites excluding steroid dienone is 1. The van der Waals surface area contributed by atoms with Crippen LogP contribution in [0.15, 0.2) is 12.2 Å². The second-order valence-corrected chi connectivity index (χ2v) is 4.96. The van der Waals surface area contributed by atoms with E-state index in [4.69, 9.17) is 14.6 Å². The molecule has 1 aliphatic rings. The highest BCUT2D eigenvalue weighted by molar-refractivity contribution is 5.79. The first-order chi connectivity index (χ1) is 9.29. The Morgan fingerprint density at radius 2 is 2.00 bits per heavy atom. The maximum absolute atomic E-state index is 10.2. The number of unbranched alkanes of at least 4 members (excludes halogenated alkanes) is 5. The second-order valence-electron chi connectivity index (χ2n) is 4.96. The van der Waals surface area contributed by atoms with E-state index in [1.807, 2.05) is 0 Å². The van der Waals surface area contributed by atoms with E-state index in [1.165, 1.54) is 25.3 Å². The van der Waals surface area contributed by atoms with Crippen LogP contribution in [0.2, 0.25) is 0 Å². The molecule has 1 saturated heterocycles. The first kappa shape index (κ1) is 16.2. The van der Waals surface area contributed by atoms with Crippen molar-refractivity contribution in [2.45, 2.75) is 64.1 Å². The lowest BCUT2D eigenvalue weighted by molar-refractivity contribution is -0.162. The molecule has 1 fully saturated rings. The zero-order chi connectivity index (χ0) is 13.8. The van der Waals surface area contributed by atoms with Crippen LogP contribution in [0.25, 0.3) is 0 Å². The van der Waals surface area contributed by atoms with Gasteiger partial charge in [-0.05, 0) is 38.5 Å². The third kappa shape index (κ3) is 9.68. The molecular formula is C15H26O4. The van der Waals surface area contributed by atoms with E-state index < -0.39 is 5.97 Å². The summed E-state index contributed by atoms with van der Waals surface area (Å²) in [5.74, 6) is -0.859. The van der Waals surface area contributed by atoms with Gasteiger partial charge in [0.25, 0.3) is 0 Å². The molecule has 4 nitrogen and oxygen atoms in total. The van der Waals surface area contributed by atoms with Gasteiger partial charge in [0.1, 0.15) is 0 Å². The SMILES string of the molecule is O=C(O)C=CCCCCCCCOC1CCCCO1. The Balaban J connectivity index is 1.79. The summed E-state index contributed by atoms with van der Waals surface area (Å²) in [6.07, 6.45) is 12.9. The maximum atomic E-state index is 10.2. The second kappa shape index (κ2) is 11.0. The molecule has 19 heavy (non-hydrogen) atoms. The van der Waals surface area contributed by atoms with Crippen molar-refractivity contribution in [2.75, 3.05) is 13.2 Å². The van der Waals surface area contributed by atoms with Crippen molar-refractivity contribution >= 4 is 5.97 Å². The summed E-state index contributed by atoms with van der Waals surface area (Å²) in [5.41, 5.74) is 0. The Bertz CT molecular complexity index is 257. The number of carboxylic acids is 1. The summed E-state index contributed by atoms with van der Waals surface area (Å²) >= 11 is 0. The molecule has 4 heteroatoms. The first-order valence-corrected chi connectivity index (χ1v) is 7.41. The van der Waals surface area contributed by atoms with Gasteiger partial charge in [0.2, 0.25) is 0 Å². The van der Waals surface area contributed by atoms with Crippen molar-refractivity contribution in [3.05, 3.63) is 12.2 Å². The Kier molecular flexibility index (Phi) is 9.37. The molecule has 0 aromatic heterocycles. The predicted molar refractivity (Wildman–Crippen MR) is 74.0 cm³/mol. The molecule has 0 amide bonds. The fraction of sp³-hybridized carbons (Fsp3) is 0.800. The van der Waals surface area contributed by atoms with Crippen LogP contribution >= 0.6 is 0 Å². The number of carboxylic acid groups (broad SMARTS) is 1. The van der Waals surface area contributed by atoms with Gasteiger partial charge in [-0.15, -0.1) is 0 Å². The summed E-state index contributed by atoms with van der Waals surface area (Å²) in [6, 6.07) is 0. The van der Waals surface area contributed by atoms with E-state index in [1.54, 1.807) is 6.08 Å². The Morgan fingerprint density at radius 3 is 2.74 bits per heavy atom. The zero-order valence-corrected chi connectivity index (χ0v) is 11.7. The average molecular weight is 270 g/mol. The zero-order valence-electron chi connectivity index (χ0n) is 11.7. The van der Waals surface area contributed by atoms with E-state index in [-0.39, 0.29) is 6.29 Å². The average Bonchev–Trinajstić information content (AvgIpc) is 2.42. The minimum absolute atomic E-state index is 0.0369. The van der Waals surface area contributed by atoms with Crippen molar-refractivity contribution in [2.24, 2.45) is 0 Å². The van der Waals surface area contributed by atoms with Crippen LogP contribution in [0.5, 0.6) is 0 Å². The van der Waals surface area contributed by atoms with E-state index in [2.05, 4.69) is 0 Å². The van der Waals surface area contributed by atoms with Gasteiger partial charge in [-0.2, -0.15) is 0 Å². The van der Waals surface area contributed by atoms with Crippen LogP contribution in [0.4, 0.5) is 0 Å². The Morgan fingerprint density at radius 1 is 1.21 bits per heavy atom. The molecule has 1 atom stereocenters. The summed E-state index contributed by atoms with van der Waals surface area (Å²) in [7, 11) is 0. The molecule has 1 heterocycles. The Hall–Kier alpha value is -0.870. The van der Waals surface area contributed by atoms with Gasteiger partial charge in [-0.25, -0.2) is 4.79 Å². The highest BCUT2D eigenvalue weighted by atomic mass is 16.7. The van der Waals surface area contributed by atoms with Crippen LogP contribution in [0.1, 0.15) is 57.8 Å². The minimum Gasteiger partial charge on any atom is -0.478 e. The van der Waals surface area contributed by atoms with Gasteiger partial charge < -0.3 is 14.6 Å². The topological polar surface area (TPSA) is 55.8 Å². The highest BCUT2D eigenvalue weighted by Crippen LogP contribution is 2.14. The van der Waals surface area contributed by atoms with Gasteiger partial charge in [0.15, 0.2) is 6.29 Å². The number of ether oxygens (including phenoxy) is 2. The normalized spacial score (nSPS) is 19.9. The van der Waals surface area contributed by atoms with Crippen LogP contribution < -0.4 is 0 Å². The highest BCUT2D eigenvalue weighted by Gasteiger charge is 2.13. The van der Waals surface area contributed by atoms with Crippen molar-refractivity contribution in [3.8, 4) is 0 Å². The standard InChI is InChI=1S/C15H26O4/c16-14(17)10-6-4-2-1-3-5-8-12-18-15-11-7-9-13-19-15/h6,10,15H,1-5,7-9,11-13H2,(H,16,17). The largest absolute Gasteiger partial charge is 0.478 e. The number of carbonyl (C=O) groups is 1. The lowest BCUT2D eigenvalue weighted by Crippen LogP contribution is -2.22. The van der Waals surface area contributed by atoms with E-state index in [9.17, 15) is 4.79 Å². The lowest BCUT2D eigenvalue weighted by Gasteiger charge is -2.22. The summed E-state index contributed by atoms with van der Waals surface area (Å²) < 4.78 is 11.1. The van der Waals surface area contributed by atoms with Crippen molar-refractivity contribution in [3.63, 3.8) is 0 Å². The van der Waals surface area contributed by atoms with Gasteiger partial charge in [0.05, 0.1) is 0 Å². The fourth-order valence-electron chi connectivity index (χ4n) is 2.14. The molecule has 1 aliphatic heterocycles. The van der Waals surface area contributed by atoms with Crippen LogP contribution in [-0.4, -0.2) is 30.6 Å². The van der Waals surface area contributed by atoms with Crippen LogP contribution in [-0.2, 0) is 14.3 Å². The lowest BCUT2D eigenvalue weighted by atomic mass is 10.1. The number of hydrogen-bond acceptors (Lipinski definition) is 3. The molecule has 0 saturated carbocycles. The molecule has 0 aromatic carbocycles. The molecule has 1 N–H and O–H groups in total. The molecule has 0 spiro atoms. The van der Waals surface area contributed by atoms with E-state index >= 15 is 0 Å². The summed E-state index contributed by atoms with van der Waals surface area (Å²) in [5, 5.41) is 8.41. The van der Waals surface area contributed by atoms with E-state index in [0.717, 1.165) is 51.7 Å². The number of rotatable bonds is 10. The fourth-order valence-corrected chi connectivity index (χ4v) is 2.14. The molecule has 0 aliphatic carbocycles. The first-order valence-electron chi connectivity index (χ1n) is 7.41. The third-order valence-electron chi connectivity index (χ3n) is 3.22. The molecular weight excluding hydrogens is 244 g/mol. The van der Waals surface area contributed by atoms with Crippen molar-refractivity contribution in [1.29, 1.82) is 0 Å². The van der Waals surface area contributed by atoms with Crippen LogP contribution in [0, 0.1) is 0 Å². The van der Waals surface area contributed by atoms with Crippen LogP contribution in [0.3, 0.4) is 0 Å².